The fourth-order valence-corrected chi connectivity index (χ4v) is 10.2. The number of nitrogens with one attached hydrogen (secondary N) is 2. The largest absolute Gasteiger partial charge is 0.436 e. The molecule has 7 aromatic rings. The molecule has 82 heavy (non-hydrogen) atoms. The van der Waals surface area contributed by atoms with Crippen LogP contribution in [0, 0.1) is 23.7 Å². The lowest BCUT2D eigenvalue weighted by Crippen LogP contribution is -2.48. The molecule has 0 radical (unpaired) electrons. The Kier molecular flexibility index (Phi) is 18.0. The quantitative estimate of drug-likeness (QED) is 0.105. The van der Waals surface area contributed by atoms with Gasteiger partial charge >= 0.3 is 12.2 Å². The van der Waals surface area contributed by atoms with Crippen LogP contribution < -0.4 is 10.6 Å². The molecule has 1 aromatic heterocycles. The van der Waals surface area contributed by atoms with Crippen molar-refractivity contribution in [3.8, 4) is 23.7 Å². The lowest BCUT2D eigenvalue weighted by molar-refractivity contribution is 0.151. The maximum absolute atomic E-state index is 14.3. The van der Waals surface area contributed by atoms with Crippen molar-refractivity contribution < 1.29 is 19.1 Å². The van der Waals surface area contributed by atoms with Gasteiger partial charge in [-0.05, 0) is 105 Å². The van der Waals surface area contributed by atoms with E-state index in [4.69, 9.17) is 9.47 Å². The minimum Gasteiger partial charge on any atom is -0.436 e. The first kappa shape index (κ1) is 61.7. The van der Waals surface area contributed by atoms with E-state index in [-0.39, 0.29) is 45.7 Å². The van der Waals surface area contributed by atoms with Crippen molar-refractivity contribution in [1.29, 1.82) is 0 Å². The number of carbonyl (C=O) groups is 2. The highest BCUT2D eigenvalue weighted by atomic mass is 16.6. The third-order valence-electron chi connectivity index (χ3n) is 15.4. The zero-order valence-electron chi connectivity index (χ0n) is 52.1. The molecule has 7 rings (SSSR count). The number of rotatable bonds is 10. The molecule has 1 heterocycles. The fraction of sp³-hybridized carbons (Fsp3) is 0.373. The average Bonchev–Trinajstić information content (AvgIpc) is 3.52. The average molecular weight is 1090 g/mol. The standard InChI is InChI=1S/C75H87N3O4/c1-68(2,3)54-23-35-60(36-24-54)74(61-37-25-55(26-38-61)69(4,5)6,62-39-27-56(28-40-62)70(7,8)9)77-66(79)81-47-19-21-52-49-53(51-76-50-52)22-20-48-82-67(80)78-75(63-41-29-57(30-42-63)71(10,11)12,64-43-31-58(32-44-64)72(13,14)15)65-45-33-59(34-46-65)73(16,17)18/h23-46,49-51H,47-48H2,1-18H3,(H,77,79)(H,78,80). The SMILES string of the molecule is CC(C)(C)c1ccc(C(NC(=O)OCC#Cc2cncc(C#CCOC(=O)NC(c3ccc(C(C)(C)C)cc3)(c3ccc(C(C)(C)C)cc3)c3ccc(C(C)(C)C)cc3)c2)(c2ccc(C(C)(C)C)cc2)c2ccc(C(C)(C)C)cc2)cc1. The van der Waals surface area contributed by atoms with Gasteiger partial charge in [-0.3, -0.25) is 4.98 Å². The summed E-state index contributed by atoms with van der Waals surface area (Å²) in [5.41, 5.74) is 11.0. The third kappa shape index (κ3) is 14.6. The molecule has 0 fully saturated rings. The lowest BCUT2D eigenvalue weighted by atomic mass is 9.74. The van der Waals surface area contributed by atoms with Gasteiger partial charge in [0.25, 0.3) is 0 Å². The summed E-state index contributed by atoms with van der Waals surface area (Å²) in [5, 5.41) is 6.71. The van der Waals surface area contributed by atoms with Gasteiger partial charge in [0.05, 0.1) is 0 Å². The molecule has 0 unspecified atom stereocenters. The maximum atomic E-state index is 14.3. The first-order valence-corrected chi connectivity index (χ1v) is 28.7. The minimum atomic E-state index is -1.12. The van der Waals surface area contributed by atoms with Crippen molar-refractivity contribution >= 4 is 12.2 Å². The van der Waals surface area contributed by atoms with Crippen molar-refractivity contribution in [1.82, 2.24) is 15.6 Å². The van der Waals surface area contributed by atoms with Crippen LogP contribution in [0.15, 0.2) is 164 Å². The Labute approximate surface area is 491 Å². The fourth-order valence-electron chi connectivity index (χ4n) is 10.2. The normalized spacial score (nSPS) is 12.5. The van der Waals surface area contributed by atoms with E-state index in [1.807, 2.05) is 0 Å². The smallest absolute Gasteiger partial charge is 0.409 e. The number of aromatic nitrogens is 1. The van der Waals surface area contributed by atoms with E-state index >= 15 is 0 Å². The van der Waals surface area contributed by atoms with Gasteiger partial charge in [-0.15, -0.1) is 0 Å². The summed E-state index contributed by atoms with van der Waals surface area (Å²) >= 11 is 0. The van der Waals surface area contributed by atoms with Crippen molar-refractivity contribution in [2.45, 2.75) is 168 Å². The Balaban J connectivity index is 1.12. The summed E-state index contributed by atoms with van der Waals surface area (Å²) < 4.78 is 11.8. The summed E-state index contributed by atoms with van der Waals surface area (Å²) in [5.74, 6) is 12.2. The number of carbonyl (C=O) groups excluding carboxylic acids is 2. The number of nitrogens with zero attached hydrogens (tertiary/aromatic N) is 1. The number of alkyl carbamates (subject to hydrolysis) is 2. The Hall–Kier alpha value is -7.87. The second-order valence-corrected chi connectivity index (χ2v) is 27.9. The van der Waals surface area contributed by atoms with E-state index in [1.165, 1.54) is 33.4 Å². The molecule has 7 nitrogen and oxygen atoms in total. The van der Waals surface area contributed by atoms with Gasteiger partial charge in [0, 0.05) is 23.5 Å². The summed E-state index contributed by atoms with van der Waals surface area (Å²) in [6.45, 7) is 39.1. The highest BCUT2D eigenvalue weighted by Crippen LogP contribution is 2.42. The zero-order chi connectivity index (χ0) is 60.1. The van der Waals surface area contributed by atoms with E-state index in [1.54, 1.807) is 18.5 Å². The Morgan fingerprint density at radius 3 is 0.695 bits per heavy atom. The molecule has 2 N–H and O–H groups in total. The van der Waals surface area contributed by atoms with Crippen LogP contribution in [0.25, 0.3) is 0 Å². The predicted molar refractivity (Wildman–Crippen MR) is 338 cm³/mol. The first-order chi connectivity index (χ1) is 38.2. The topological polar surface area (TPSA) is 89.6 Å². The molecule has 0 bridgehead atoms. The minimum absolute atomic E-state index is 0.0702. The van der Waals surface area contributed by atoms with Crippen molar-refractivity contribution in [3.63, 3.8) is 0 Å². The summed E-state index contributed by atoms with van der Waals surface area (Å²) in [6.07, 6.45) is 2.02. The van der Waals surface area contributed by atoms with Crippen molar-refractivity contribution in [3.05, 3.63) is 242 Å². The summed E-state index contributed by atoms with van der Waals surface area (Å²) in [4.78, 5) is 32.9. The van der Waals surface area contributed by atoms with E-state index < -0.39 is 23.3 Å². The van der Waals surface area contributed by atoms with Crippen LogP contribution in [0.3, 0.4) is 0 Å². The molecule has 0 aliphatic heterocycles. The van der Waals surface area contributed by atoms with Gasteiger partial charge in [0.2, 0.25) is 0 Å². The second-order valence-electron chi connectivity index (χ2n) is 27.9. The summed E-state index contributed by atoms with van der Waals surface area (Å²) in [7, 11) is 0. The molecular weight excluding hydrogens is 1010 g/mol. The van der Waals surface area contributed by atoms with Crippen LogP contribution in [-0.2, 0) is 53.0 Å². The molecule has 0 spiro atoms. The Morgan fingerprint density at radius 1 is 0.329 bits per heavy atom. The number of hydrogen-bond acceptors (Lipinski definition) is 5. The summed E-state index contributed by atoms with van der Waals surface area (Å²) in [6, 6.07) is 52.9. The molecule has 426 valence electrons. The van der Waals surface area contributed by atoms with Crippen molar-refractivity contribution in [2.75, 3.05) is 13.2 Å². The van der Waals surface area contributed by atoms with Gasteiger partial charge in [-0.2, -0.15) is 0 Å². The third-order valence-corrected chi connectivity index (χ3v) is 15.4. The Bertz CT molecular complexity index is 2940. The van der Waals surface area contributed by atoms with E-state index in [9.17, 15) is 9.59 Å². The van der Waals surface area contributed by atoms with Gasteiger partial charge in [0.15, 0.2) is 13.2 Å². The van der Waals surface area contributed by atoms with Crippen LogP contribution in [0.1, 0.15) is 203 Å². The first-order valence-electron chi connectivity index (χ1n) is 28.7. The van der Waals surface area contributed by atoms with Gasteiger partial charge in [0.1, 0.15) is 11.1 Å². The molecule has 7 heteroatoms. The highest BCUT2D eigenvalue weighted by molar-refractivity contribution is 5.73. The molecule has 0 saturated carbocycles. The number of hydrogen-bond donors (Lipinski definition) is 2. The molecule has 6 aromatic carbocycles. The maximum Gasteiger partial charge on any atom is 0.409 e. The van der Waals surface area contributed by atoms with Crippen LogP contribution >= 0.6 is 0 Å². The van der Waals surface area contributed by atoms with E-state index in [0.717, 1.165) is 33.4 Å². The molecule has 0 atom stereocenters. The number of pyridine rings is 1. The monoisotopic (exact) mass is 1090 g/mol. The van der Waals surface area contributed by atoms with Gasteiger partial charge < -0.3 is 20.1 Å². The van der Waals surface area contributed by atoms with Gasteiger partial charge in [-0.25, -0.2) is 9.59 Å². The molecule has 2 amide bonds. The zero-order valence-corrected chi connectivity index (χ0v) is 52.1. The Morgan fingerprint density at radius 2 is 0.512 bits per heavy atom. The van der Waals surface area contributed by atoms with E-state index in [0.29, 0.717) is 11.1 Å². The number of ether oxygens (including phenoxy) is 2. The molecule has 0 aliphatic carbocycles. The van der Waals surface area contributed by atoms with Crippen LogP contribution in [0.5, 0.6) is 0 Å². The number of benzene rings is 6. The second kappa shape index (κ2) is 23.9. The molecular formula is C75H87N3O4. The highest BCUT2D eigenvalue weighted by Gasteiger charge is 2.41. The van der Waals surface area contributed by atoms with Gasteiger partial charge in [-0.1, -0.05) is 294 Å². The molecule has 0 aliphatic rings. The van der Waals surface area contributed by atoms with Crippen molar-refractivity contribution in [2.24, 2.45) is 0 Å². The number of amides is 2. The van der Waals surface area contributed by atoms with Crippen LogP contribution in [0.2, 0.25) is 0 Å². The van der Waals surface area contributed by atoms with E-state index in [2.05, 4.69) is 310 Å². The molecule has 0 saturated heterocycles. The van der Waals surface area contributed by atoms with Crippen LogP contribution in [0.4, 0.5) is 9.59 Å². The predicted octanol–water partition coefficient (Wildman–Crippen LogP) is 17.0. The van der Waals surface area contributed by atoms with Crippen LogP contribution in [-0.4, -0.2) is 30.4 Å². The lowest BCUT2D eigenvalue weighted by Gasteiger charge is -2.37.